The average molecular weight is 261 g/mol. The molecule has 3 rings (SSSR count). The van der Waals surface area contributed by atoms with Gasteiger partial charge in [-0.1, -0.05) is 0 Å². The summed E-state index contributed by atoms with van der Waals surface area (Å²) in [6, 6.07) is 5.64. The Labute approximate surface area is 110 Å². The Morgan fingerprint density at radius 2 is 2.16 bits per heavy atom. The molecule has 0 bridgehead atoms. The summed E-state index contributed by atoms with van der Waals surface area (Å²) in [5.41, 5.74) is 1.90. The highest BCUT2D eigenvalue weighted by Gasteiger charge is 2.49. The maximum absolute atomic E-state index is 12.2. The van der Waals surface area contributed by atoms with E-state index in [0.717, 1.165) is 23.4 Å². The maximum Gasteiger partial charge on any atom is 0.307 e. The molecular formula is C14H15NO4. The third kappa shape index (κ3) is 2.05. The number of amides is 1. The first-order valence-electron chi connectivity index (χ1n) is 6.34. The van der Waals surface area contributed by atoms with E-state index in [4.69, 9.17) is 9.84 Å². The average Bonchev–Trinajstić information content (AvgIpc) is 3.07. The molecule has 2 atom stereocenters. The second-order valence-electron chi connectivity index (χ2n) is 5.07. The molecule has 0 saturated heterocycles. The van der Waals surface area contributed by atoms with Crippen LogP contribution in [0.3, 0.4) is 0 Å². The smallest absolute Gasteiger partial charge is 0.307 e. The molecule has 1 saturated carbocycles. The summed E-state index contributed by atoms with van der Waals surface area (Å²) in [6.45, 7) is 0.681. The summed E-state index contributed by atoms with van der Waals surface area (Å²) >= 11 is 0. The van der Waals surface area contributed by atoms with Crippen LogP contribution in [0.4, 0.5) is 5.69 Å². The summed E-state index contributed by atoms with van der Waals surface area (Å²) < 4.78 is 5.42. The van der Waals surface area contributed by atoms with E-state index < -0.39 is 11.9 Å². The predicted octanol–water partition coefficient (Wildman–Crippen LogP) is 1.30. The molecule has 1 aromatic carbocycles. The van der Waals surface area contributed by atoms with Gasteiger partial charge in [0.1, 0.15) is 5.75 Å². The van der Waals surface area contributed by atoms with E-state index in [1.54, 1.807) is 11.9 Å². The highest BCUT2D eigenvalue weighted by atomic mass is 16.5. The summed E-state index contributed by atoms with van der Waals surface area (Å²) in [7, 11) is 1.69. The van der Waals surface area contributed by atoms with Crippen LogP contribution >= 0.6 is 0 Å². The first-order valence-corrected chi connectivity index (χ1v) is 6.34. The van der Waals surface area contributed by atoms with Crippen LogP contribution in [0, 0.1) is 11.8 Å². The van der Waals surface area contributed by atoms with Crippen molar-refractivity contribution in [2.24, 2.45) is 11.8 Å². The van der Waals surface area contributed by atoms with Gasteiger partial charge in [0.15, 0.2) is 0 Å². The Balaban J connectivity index is 1.75. The highest BCUT2D eigenvalue weighted by molar-refractivity contribution is 5.99. The molecule has 0 radical (unpaired) electrons. The number of ether oxygens (including phenoxy) is 1. The molecule has 1 amide bonds. The van der Waals surface area contributed by atoms with Crippen LogP contribution in [0.2, 0.25) is 0 Å². The summed E-state index contributed by atoms with van der Waals surface area (Å²) in [5, 5.41) is 8.86. The number of nitrogens with zero attached hydrogens (tertiary/aromatic N) is 1. The topological polar surface area (TPSA) is 66.8 Å². The fourth-order valence-corrected chi connectivity index (χ4v) is 2.50. The maximum atomic E-state index is 12.2. The van der Waals surface area contributed by atoms with Gasteiger partial charge in [0.2, 0.25) is 5.91 Å². The van der Waals surface area contributed by atoms with Gasteiger partial charge in [-0.2, -0.15) is 0 Å². The molecule has 19 heavy (non-hydrogen) atoms. The Bertz CT molecular complexity index is 554. The van der Waals surface area contributed by atoms with E-state index in [9.17, 15) is 9.59 Å². The van der Waals surface area contributed by atoms with E-state index in [2.05, 4.69) is 0 Å². The van der Waals surface area contributed by atoms with Gasteiger partial charge < -0.3 is 14.7 Å². The van der Waals surface area contributed by atoms with Crippen molar-refractivity contribution in [2.75, 3.05) is 18.6 Å². The van der Waals surface area contributed by atoms with E-state index in [0.29, 0.717) is 13.0 Å². The molecule has 100 valence electrons. The van der Waals surface area contributed by atoms with Crippen molar-refractivity contribution in [1.29, 1.82) is 0 Å². The van der Waals surface area contributed by atoms with Crippen LogP contribution in [-0.2, 0) is 16.0 Å². The van der Waals surface area contributed by atoms with Gasteiger partial charge in [-0.05, 0) is 30.2 Å². The zero-order valence-electron chi connectivity index (χ0n) is 10.6. The fourth-order valence-electron chi connectivity index (χ4n) is 2.50. The zero-order valence-corrected chi connectivity index (χ0v) is 10.6. The normalized spacial score (nSPS) is 23.4. The molecule has 5 heteroatoms. The summed E-state index contributed by atoms with van der Waals surface area (Å²) in [5.74, 6) is -1.00. The first-order chi connectivity index (χ1) is 9.08. The van der Waals surface area contributed by atoms with Crippen molar-refractivity contribution in [3.05, 3.63) is 23.8 Å². The third-order valence-electron chi connectivity index (χ3n) is 3.82. The van der Waals surface area contributed by atoms with Gasteiger partial charge in [-0.15, -0.1) is 0 Å². The molecule has 2 aliphatic rings. The largest absolute Gasteiger partial charge is 0.493 e. The van der Waals surface area contributed by atoms with Gasteiger partial charge in [0.05, 0.1) is 18.4 Å². The van der Waals surface area contributed by atoms with Crippen molar-refractivity contribution in [2.45, 2.75) is 12.8 Å². The molecule has 1 N–H and O–H groups in total. The van der Waals surface area contributed by atoms with Crippen LogP contribution in [0.25, 0.3) is 0 Å². The quantitative estimate of drug-likeness (QED) is 0.890. The van der Waals surface area contributed by atoms with Gasteiger partial charge in [-0.3, -0.25) is 9.59 Å². The summed E-state index contributed by atoms with van der Waals surface area (Å²) in [6.07, 6.45) is 1.30. The van der Waals surface area contributed by atoms with Crippen LogP contribution < -0.4 is 9.64 Å². The van der Waals surface area contributed by atoms with Crippen LogP contribution in [-0.4, -0.2) is 30.6 Å². The lowest BCUT2D eigenvalue weighted by molar-refractivity contribution is -0.139. The lowest BCUT2D eigenvalue weighted by Crippen LogP contribution is -2.29. The van der Waals surface area contributed by atoms with Crippen LogP contribution in [0.15, 0.2) is 18.2 Å². The number of carbonyl (C=O) groups is 2. The second-order valence-corrected chi connectivity index (χ2v) is 5.07. The van der Waals surface area contributed by atoms with Crippen molar-refractivity contribution >= 4 is 17.6 Å². The zero-order chi connectivity index (χ0) is 13.6. The number of carbonyl (C=O) groups excluding carboxylic acids is 1. The second kappa shape index (κ2) is 4.26. The van der Waals surface area contributed by atoms with E-state index in [-0.39, 0.29) is 11.8 Å². The van der Waals surface area contributed by atoms with Gasteiger partial charge in [0, 0.05) is 19.2 Å². The Kier molecular flexibility index (Phi) is 2.69. The first kappa shape index (κ1) is 12.0. The molecular weight excluding hydrogens is 246 g/mol. The SMILES string of the molecule is CN(C(=O)C1CC1C(=O)O)c1ccc2c(c1)CCO2. The van der Waals surface area contributed by atoms with Gasteiger partial charge >= 0.3 is 5.97 Å². The molecule has 1 aliphatic heterocycles. The van der Waals surface area contributed by atoms with Gasteiger partial charge in [-0.25, -0.2) is 0 Å². The molecule has 0 aromatic heterocycles. The van der Waals surface area contributed by atoms with Gasteiger partial charge in [0.25, 0.3) is 0 Å². The number of rotatable bonds is 3. The van der Waals surface area contributed by atoms with E-state index in [1.807, 2.05) is 18.2 Å². The van der Waals surface area contributed by atoms with Crippen LogP contribution in [0.5, 0.6) is 5.75 Å². The molecule has 2 unspecified atom stereocenters. The minimum atomic E-state index is -0.880. The number of aliphatic carboxylic acids is 1. The molecule has 5 nitrogen and oxygen atoms in total. The minimum Gasteiger partial charge on any atom is -0.493 e. The number of carboxylic acids is 1. The number of hydrogen-bond donors (Lipinski definition) is 1. The Morgan fingerprint density at radius 1 is 1.37 bits per heavy atom. The van der Waals surface area contributed by atoms with Crippen molar-refractivity contribution in [3.63, 3.8) is 0 Å². The molecule has 1 aromatic rings. The lowest BCUT2D eigenvalue weighted by atomic mass is 10.1. The third-order valence-corrected chi connectivity index (χ3v) is 3.82. The predicted molar refractivity (Wildman–Crippen MR) is 68.3 cm³/mol. The highest BCUT2D eigenvalue weighted by Crippen LogP contribution is 2.41. The minimum absolute atomic E-state index is 0.119. The Morgan fingerprint density at radius 3 is 2.84 bits per heavy atom. The molecule has 1 aliphatic carbocycles. The fraction of sp³-hybridized carbons (Fsp3) is 0.429. The Hall–Kier alpha value is -2.04. The molecule has 1 fully saturated rings. The lowest BCUT2D eigenvalue weighted by Gasteiger charge is -2.18. The summed E-state index contributed by atoms with van der Waals surface area (Å²) in [4.78, 5) is 24.5. The standard InChI is InChI=1S/C14H15NO4/c1-15(13(16)10-7-11(10)14(17)18)9-2-3-12-8(6-9)4-5-19-12/h2-3,6,10-11H,4-5,7H2,1H3,(H,17,18). The number of anilines is 1. The number of benzene rings is 1. The molecule has 0 spiro atoms. The van der Waals surface area contributed by atoms with E-state index in [1.165, 1.54) is 0 Å². The number of fused-ring (bicyclic) bond motifs is 1. The number of carboxylic acid groups (broad SMARTS) is 1. The van der Waals surface area contributed by atoms with Crippen molar-refractivity contribution < 1.29 is 19.4 Å². The number of hydrogen-bond acceptors (Lipinski definition) is 3. The van der Waals surface area contributed by atoms with Crippen LogP contribution in [0.1, 0.15) is 12.0 Å². The van der Waals surface area contributed by atoms with Crippen molar-refractivity contribution in [1.82, 2.24) is 0 Å². The van der Waals surface area contributed by atoms with Crippen molar-refractivity contribution in [3.8, 4) is 5.75 Å². The molecule has 1 heterocycles. The monoisotopic (exact) mass is 261 g/mol. The van der Waals surface area contributed by atoms with E-state index >= 15 is 0 Å².